The van der Waals surface area contributed by atoms with Gasteiger partial charge in [-0.3, -0.25) is 9.13 Å². The summed E-state index contributed by atoms with van der Waals surface area (Å²) in [5, 5.41) is 0. The Morgan fingerprint density at radius 3 is 2.50 bits per heavy atom. The third kappa shape index (κ3) is 2.92. The van der Waals surface area contributed by atoms with Crippen LogP contribution in [-0.2, 0) is 6.54 Å². The Kier molecular flexibility index (Phi) is 4.40. The molecule has 18 heavy (non-hydrogen) atoms. The summed E-state index contributed by atoms with van der Waals surface area (Å²) in [5.41, 5.74) is 0.979. The molecule has 0 bridgehead atoms. The first-order valence-corrected chi connectivity index (χ1v) is 6.66. The molecular weight excluding hydrogens is 224 g/mol. The van der Waals surface area contributed by atoms with Crippen LogP contribution in [0.3, 0.4) is 0 Å². The highest BCUT2D eigenvalue weighted by atomic mass is 16.1. The smallest absolute Gasteiger partial charge is 0.299 e. The summed E-state index contributed by atoms with van der Waals surface area (Å²) < 4.78 is 3.49. The molecule has 2 rings (SSSR count). The predicted molar refractivity (Wildman–Crippen MR) is 74.2 cm³/mol. The maximum atomic E-state index is 12.2. The van der Waals surface area contributed by atoms with Crippen molar-refractivity contribution in [2.24, 2.45) is 0 Å². The Morgan fingerprint density at radius 1 is 1.00 bits per heavy atom. The van der Waals surface area contributed by atoms with Crippen molar-refractivity contribution in [3.05, 3.63) is 53.2 Å². The third-order valence-electron chi connectivity index (χ3n) is 3.13. The van der Waals surface area contributed by atoms with Crippen LogP contribution in [-0.4, -0.2) is 9.13 Å². The number of aromatic nitrogens is 2. The largest absolute Gasteiger partial charge is 0.332 e. The molecule has 3 nitrogen and oxygen atoms in total. The van der Waals surface area contributed by atoms with Crippen LogP contribution in [0.15, 0.2) is 47.5 Å². The molecular formula is C15H20N2O. The lowest BCUT2D eigenvalue weighted by molar-refractivity contribution is 0.568. The molecule has 0 amide bonds. The Labute approximate surface area is 108 Å². The second-order valence-corrected chi connectivity index (χ2v) is 4.54. The molecule has 0 aliphatic carbocycles. The molecule has 0 aliphatic rings. The van der Waals surface area contributed by atoms with E-state index in [1.54, 1.807) is 9.13 Å². The van der Waals surface area contributed by atoms with Gasteiger partial charge in [-0.25, -0.2) is 4.79 Å². The van der Waals surface area contributed by atoms with Crippen molar-refractivity contribution < 1.29 is 0 Å². The quantitative estimate of drug-likeness (QED) is 0.717. The first kappa shape index (κ1) is 12.7. The summed E-state index contributed by atoms with van der Waals surface area (Å²) >= 11 is 0. The molecule has 0 saturated heterocycles. The molecule has 0 saturated carbocycles. The van der Waals surface area contributed by atoms with Gasteiger partial charge >= 0.3 is 5.69 Å². The Hall–Kier alpha value is -1.77. The fraction of sp³-hybridized carbons (Fsp3) is 0.400. The van der Waals surface area contributed by atoms with E-state index >= 15 is 0 Å². The lowest BCUT2D eigenvalue weighted by Gasteiger charge is -2.02. The van der Waals surface area contributed by atoms with E-state index in [1.165, 1.54) is 19.3 Å². The van der Waals surface area contributed by atoms with E-state index in [2.05, 4.69) is 6.92 Å². The Balaban J connectivity index is 2.07. The average Bonchev–Trinajstić information content (AvgIpc) is 2.77. The molecule has 1 heterocycles. The van der Waals surface area contributed by atoms with E-state index in [-0.39, 0.29) is 5.69 Å². The molecule has 0 fully saturated rings. The number of hydrogen-bond acceptors (Lipinski definition) is 1. The van der Waals surface area contributed by atoms with Crippen molar-refractivity contribution in [3.8, 4) is 5.69 Å². The van der Waals surface area contributed by atoms with E-state index in [9.17, 15) is 4.79 Å². The van der Waals surface area contributed by atoms with Crippen molar-refractivity contribution in [2.45, 2.75) is 39.2 Å². The molecule has 3 heteroatoms. The van der Waals surface area contributed by atoms with E-state index in [0.29, 0.717) is 0 Å². The van der Waals surface area contributed by atoms with Gasteiger partial charge in [-0.2, -0.15) is 0 Å². The Morgan fingerprint density at radius 2 is 1.78 bits per heavy atom. The maximum Gasteiger partial charge on any atom is 0.332 e. The third-order valence-corrected chi connectivity index (χ3v) is 3.13. The van der Waals surface area contributed by atoms with E-state index in [4.69, 9.17) is 0 Å². The highest BCUT2D eigenvalue weighted by Crippen LogP contribution is 2.05. The summed E-state index contributed by atoms with van der Waals surface area (Å²) in [6.07, 6.45) is 8.46. The van der Waals surface area contributed by atoms with Gasteiger partial charge in [-0.15, -0.1) is 0 Å². The van der Waals surface area contributed by atoms with Crippen LogP contribution in [0.4, 0.5) is 0 Å². The highest BCUT2D eigenvalue weighted by molar-refractivity contribution is 5.30. The minimum atomic E-state index is 0.0534. The number of aryl methyl sites for hydroxylation is 1. The monoisotopic (exact) mass is 244 g/mol. The van der Waals surface area contributed by atoms with Gasteiger partial charge in [0.05, 0.1) is 5.69 Å². The standard InChI is InChI=1S/C15H20N2O/c1-2-3-4-8-11-16-12-13-17(15(16)18)14-9-6-5-7-10-14/h5-7,9-10,12-13H,2-4,8,11H2,1H3. The van der Waals surface area contributed by atoms with Gasteiger partial charge in [0.1, 0.15) is 0 Å². The minimum Gasteiger partial charge on any atom is -0.299 e. The molecule has 1 aromatic carbocycles. The molecule has 0 radical (unpaired) electrons. The zero-order chi connectivity index (χ0) is 12.8. The molecule has 0 unspecified atom stereocenters. The minimum absolute atomic E-state index is 0.0534. The van der Waals surface area contributed by atoms with Crippen LogP contribution in [0.2, 0.25) is 0 Å². The van der Waals surface area contributed by atoms with Crippen LogP contribution in [0.5, 0.6) is 0 Å². The highest BCUT2D eigenvalue weighted by Gasteiger charge is 2.04. The van der Waals surface area contributed by atoms with Gasteiger partial charge in [-0.1, -0.05) is 44.4 Å². The summed E-state index contributed by atoms with van der Waals surface area (Å²) in [5.74, 6) is 0. The summed E-state index contributed by atoms with van der Waals surface area (Å²) in [7, 11) is 0. The average molecular weight is 244 g/mol. The van der Waals surface area contributed by atoms with Crippen molar-refractivity contribution in [1.29, 1.82) is 0 Å². The summed E-state index contributed by atoms with van der Waals surface area (Å²) in [6, 6.07) is 9.74. The molecule has 0 atom stereocenters. The van der Waals surface area contributed by atoms with E-state index in [1.807, 2.05) is 42.7 Å². The number of hydrogen-bond donors (Lipinski definition) is 0. The molecule has 0 N–H and O–H groups in total. The van der Waals surface area contributed by atoms with Gasteiger partial charge in [0, 0.05) is 18.9 Å². The van der Waals surface area contributed by atoms with Gasteiger partial charge in [0.2, 0.25) is 0 Å². The maximum absolute atomic E-state index is 12.2. The van der Waals surface area contributed by atoms with Crippen LogP contribution in [0.1, 0.15) is 32.6 Å². The number of benzene rings is 1. The SMILES string of the molecule is CCCCCCn1ccn(-c2ccccc2)c1=O. The second-order valence-electron chi connectivity index (χ2n) is 4.54. The van der Waals surface area contributed by atoms with Crippen molar-refractivity contribution in [2.75, 3.05) is 0 Å². The molecule has 2 aromatic rings. The van der Waals surface area contributed by atoms with Crippen LogP contribution < -0.4 is 5.69 Å². The van der Waals surface area contributed by atoms with Gasteiger partial charge in [-0.05, 0) is 18.6 Å². The molecule has 1 aromatic heterocycles. The summed E-state index contributed by atoms with van der Waals surface area (Å²) in [6.45, 7) is 3.01. The molecule has 0 aliphatic heterocycles. The topological polar surface area (TPSA) is 26.9 Å². The zero-order valence-corrected chi connectivity index (χ0v) is 10.9. The van der Waals surface area contributed by atoms with Crippen molar-refractivity contribution in [3.63, 3.8) is 0 Å². The van der Waals surface area contributed by atoms with Crippen LogP contribution >= 0.6 is 0 Å². The number of rotatable bonds is 6. The van der Waals surface area contributed by atoms with E-state index < -0.39 is 0 Å². The van der Waals surface area contributed by atoms with Crippen molar-refractivity contribution in [1.82, 2.24) is 9.13 Å². The van der Waals surface area contributed by atoms with Gasteiger partial charge in [0.25, 0.3) is 0 Å². The predicted octanol–water partition coefficient (Wildman–Crippen LogP) is 3.22. The second kappa shape index (κ2) is 6.24. The first-order chi connectivity index (χ1) is 8.83. The molecule has 96 valence electrons. The normalized spacial score (nSPS) is 10.7. The van der Waals surface area contributed by atoms with Gasteiger partial charge < -0.3 is 0 Å². The number of nitrogens with zero attached hydrogens (tertiary/aromatic N) is 2. The number of unbranched alkanes of at least 4 members (excludes halogenated alkanes) is 3. The van der Waals surface area contributed by atoms with E-state index in [0.717, 1.165) is 18.7 Å². The van der Waals surface area contributed by atoms with Gasteiger partial charge in [0.15, 0.2) is 0 Å². The van der Waals surface area contributed by atoms with Crippen LogP contribution in [0.25, 0.3) is 5.69 Å². The first-order valence-electron chi connectivity index (χ1n) is 6.66. The fourth-order valence-electron chi connectivity index (χ4n) is 2.08. The number of imidazole rings is 1. The fourth-order valence-corrected chi connectivity index (χ4v) is 2.08. The van der Waals surface area contributed by atoms with Crippen molar-refractivity contribution >= 4 is 0 Å². The number of para-hydroxylation sites is 1. The van der Waals surface area contributed by atoms with Crippen LogP contribution in [0, 0.1) is 0 Å². The Bertz CT molecular complexity index is 525. The summed E-state index contributed by atoms with van der Waals surface area (Å²) in [4.78, 5) is 12.2. The zero-order valence-electron chi connectivity index (χ0n) is 10.9. The lowest BCUT2D eigenvalue weighted by Crippen LogP contribution is -2.22. The molecule has 0 spiro atoms. The lowest BCUT2D eigenvalue weighted by atomic mass is 10.2.